The van der Waals surface area contributed by atoms with Crippen molar-refractivity contribution in [2.45, 2.75) is 32.0 Å². The van der Waals surface area contributed by atoms with E-state index in [1.807, 2.05) is 4.57 Å². The maximum atomic E-state index is 12.7. The molecule has 4 heterocycles. The average Bonchev–Trinajstić information content (AvgIpc) is 3.07. The molecule has 3 aromatic heterocycles. The van der Waals surface area contributed by atoms with Gasteiger partial charge in [-0.2, -0.15) is 0 Å². The number of fused-ring (bicyclic) bond motifs is 1. The van der Waals surface area contributed by atoms with Gasteiger partial charge in [0.1, 0.15) is 0 Å². The standard InChI is InChI=1S/C19H25N7O2S/c1-12-9-13(2)11-25(10-12)18-22-15-14(16(27)23-19(28)24(15)3)26(18)7-8-29-17-20-5-4-6-21-17/h4-6,12-13H,7-11H2,1-3H3,(H,23,27,28)/p+1. The van der Waals surface area contributed by atoms with E-state index >= 15 is 0 Å². The molecular weight excluding hydrogens is 390 g/mol. The summed E-state index contributed by atoms with van der Waals surface area (Å²) in [6.07, 6.45) is 4.63. The van der Waals surface area contributed by atoms with Crippen molar-refractivity contribution in [1.29, 1.82) is 0 Å². The molecule has 4 rings (SSSR count). The van der Waals surface area contributed by atoms with Crippen molar-refractivity contribution in [3.05, 3.63) is 39.3 Å². The Hall–Kier alpha value is -2.62. The number of aryl methyl sites for hydroxylation is 2. The number of aromatic nitrogens is 6. The molecule has 1 fully saturated rings. The van der Waals surface area contributed by atoms with Gasteiger partial charge in [0, 0.05) is 25.2 Å². The lowest BCUT2D eigenvalue weighted by molar-refractivity contribution is -0.654. The molecule has 9 nitrogen and oxygen atoms in total. The van der Waals surface area contributed by atoms with Crippen LogP contribution < -0.4 is 20.7 Å². The first-order chi connectivity index (χ1) is 13.9. The van der Waals surface area contributed by atoms with Crippen LogP contribution in [-0.2, 0) is 13.6 Å². The Bertz CT molecular complexity index is 1110. The normalized spacial score (nSPS) is 19.8. The van der Waals surface area contributed by atoms with Gasteiger partial charge in [0.25, 0.3) is 5.56 Å². The van der Waals surface area contributed by atoms with E-state index in [0.717, 1.165) is 19.0 Å². The van der Waals surface area contributed by atoms with E-state index in [9.17, 15) is 9.59 Å². The summed E-state index contributed by atoms with van der Waals surface area (Å²) >= 11 is 1.54. The molecule has 0 aromatic carbocycles. The number of rotatable bonds is 5. The Morgan fingerprint density at radius 1 is 1.17 bits per heavy atom. The second-order valence-corrected chi connectivity index (χ2v) is 8.91. The van der Waals surface area contributed by atoms with Gasteiger partial charge in [0.05, 0.1) is 19.6 Å². The molecule has 0 bridgehead atoms. The van der Waals surface area contributed by atoms with E-state index in [-0.39, 0.29) is 5.56 Å². The fourth-order valence-corrected chi connectivity index (χ4v) is 4.90. The molecule has 1 saturated heterocycles. The van der Waals surface area contributed by atoms with Crippen molar-refractivity contribution >= 4 is 28.9 Å². The van der Waals surface area contributed by atoms with Crippen LogP contribution in [0.5, 0.6) is 0 Å². The van der Waals surface area contributed by atoms with Gasteiger partial charge < -0.3 is 0 Å². The predicted octanol–water partition coefficient (Wildman–Crippen LogP) is 0.907. The van der Waals surface area contributed by atoms with Gasteiger partial charge in [0.2, 0.25) is 11.2 Å². The predicted molar refractivity (Wildman–Crippen MR) is 112 cm³/mol. The molecule has 1 aliphatic heterocycles. The Balaban J connectivity index is 1.74. The van der Waals surface area contributed by atoms with Gasteiger partial charge in [0.15, 0.2) is 5.16 Å². The largest absolute Gasteiger partial charge is 0.359 e. The summed E-state index contributed by atoms with van der Waals surface area (Å²) in [5, 5.41) is 0.705. The monoisotopic (exact) mass is 416 g/mol. The number of piperidine rings is 1. The zero-order chi connectivity index (χ0) is 20.5. The van der Waals surface area contributed by atoms with Crippen molar-refractivity contribution in [3.8, 4) is 0 Å². The van der Waals surface area contributed by atoms with Crippen LogP contribution in [0, 0.1) is 11.8 Å². The smallest absolute Gasteiger partial charge is 0.271 e. The Labute approximate surface area is 172 Å². The molecule has 0 saturated carbocycles. The number of hydrogen-bond acceptors (Lipinski definition) is 6. The lowest BCUT2D eigenvalue weighted by Gasteiger charge is -2.31. The van der Waals surface area contributed by atoms with Crippen LogP contribution in [0.15, 0.2) is 33.2 Å². The molecule has 1 aliphatic rings. The molecule has 2 atom stereocenters. The maximum absolute atomic E-state index is 12.7. The topological polar surface area (TPSA) is 104 Å². The highest BCUT2D eigenvalue weighted by Gasteiger charge is 2.33. The number of nitrogens with one attached hydrogen (secondary N) is 2. The van der Waals surface area contributed by atoms with Gasteiger partial charge in [-0.05, 0) is 24.3 Å². The molecule has 29 heavy (non-hydrogen) atoms. The highest BCUT2D eigenvalue weighted by molar-refractivity contribution is 7.99. The summed E-state index contributed by atoms with van der Waals surface area (Å²) in [5.41, 5.74) is 0.239. The van der Waals surface area contributed by atoms with E-state index in [4.69, 9.17) is 0 Å². The third-order valence-corrected chi connectivity index (χ3v) is 6.17. The molecule has 3 aromatic rings. The molecule has 0 spiro atoms. The number of nitrogens with zero attached hydrogens (tertiary/aromatic N) is 5. The average molecular weight is 417 g/mol. The molecule has 154 valence electrons. The lowest BCUT2D eigenvalue weighted by atomic mass is 9.92. The Morgan fingerprint density at radius 2 is 1.86 bits per heavy atom. The molecule has 0 amide bonds. The Morgan fingerprint density at radius 3 is 2.55 bits per heavy atom. The summed E-state index contributed by atoms with van der Waals surface area (Å²) in [6, 6.07) is 1.79. The van der Waals surface area contributed by atoms with E-state index < -0.39 is 5.69 Å². The third-order valence-electron chi connectivity index (χ3n) is 5.31. The van der Waals surface area contributed by atoms with E-state index in [2.05, 4.69) is 38.7 Å². The van der Waals surface area contributed by atoms with E-state index in [1.54, 1.807) is 37.3 Å². The van der Waals surface area contributed by atoms with Crippen LogP contribution in [0.4, 0.5) is 5.95 Å². The summed E-state index contributed by atoms with van der Waals surface area (Å²) in [5.74, 6) is 2.70. The first kappa shape index (κ1) is 19.7. The van der Waals surface area contributed by atoms with Gasteiger partial charge in [-0.3, -0.25) is 19.2 Å². The van der Waals surface area contributed by atoms with Crippen LogP contribution in [0.2, 0.25) is 0 Å². The van der Waals surface area contributed by atoms with Crippen molar-refractivity contribution in [3.63, 3.8) is 0 Å². The minimum Gasteiger partial charge on any atom is -0.271 e. The first-order valence-electron chi connectivity index (χ1n) is 9.83. The number of aromatic amines is 2. The van der Waals surface area contributed by atoms with Crippen molar-refractivity contribution in [2.24, 2.45) is 18.9 Å². The maximum Gasteiger partial charge on any atom is 0.359 e. The van der Waals surface area contributed by atoms with Crippen LogP contribution in [0.25, 0.3) is 11.2 Å². The molecule has 2 unspecified atom stereocenters. The fourth-order valence-electron chi connectivity index (χ4n) is 4.17. The molecule has 2 N–H and O–H groups in total. The van der Waals surface area contributed by atoms with Crippen molar-refractivity contribution in [2.75, 3.05) is 23.7 Å². The van der Waals surface area contributed by atoms with Crippen molar-refractivity contribution in [1.82, 2.24) is 24.5 Å². The van der Waals surface area contributed by atoms with E-state index in [0.29, 0.717) is 40.5 Å². The second-order valence-electron chi connectivity index (χ2n) is 7.85. The summed E-state index contributed by atoms with van der Waals surface area (Å²) in [4.78, 5) is 41.3. The zero-order valence-electron chi connectivity index (χ0n) is 16.9. The van der Waals surface area contributed by atoms with E-state index in [1.165, 1.54) is 11.0 Å². The highest BCUT2D eigenvalue weighted by atomic mass is 32.2. The third kappa shape index (κ3) is 3.93. The number of hydrogen-bond donors (Lipinski definition) is 2. The summed E-state index contributed by atoms with van der Waals surface area (Å²) in [7, 11) is 1.67. The second kappa shape index (κ2) is 8.02. The van der Waals surface area contributed by atoms with Crippen molar-refractivity contribution < 1.29 is 4.57 Å². The quantitative estimate of drug-likeness (QED) is 0.364. The lowest BCUT2D eigenvalue weighted by Crippen LogP contribution is -2.49. The minimum atomic E-state index is -0.421. The van der Waals surface area contributed by atoms with Gasteiger partial charge in [-0.15, -0.1) is 0 Å². The first-order valence-corrected chi connectivity index (χ1v) is 10.8. The van der Waals surface area contributed by atoms with Crippen LogP contribution in [-0.4, -0.2) is 43.3 Å². The van der Waals surface area contributed by atoms with Crippen LogP contribution >= 0.6 is 11.8 Å². The highest BCUT2D eigenvalue weighted by Crippen LogP contribution is 2.25. The fraction of sp³-hybridized carbons (Fsp3) is 0.526. The Kier molecular flexibility index (Phi) is 5.44. The van der Waals surface area contributed by atoms with Gasteiger partial charge in [-0.25, -0.2) is 24.3 Å². The number of thioether (sulfide) groups is 1. The summed E-state index contributed by atoms with van der Waals surface area (Å²) in [6.45, 7) is 6.93. The number of H-pyrrole nitrogens is 2. The number of imidazole rings is 1. The molecular formula is C19H26N7O2S+. The van der Waals surface area contributed by atoms with Gasteiger partial charge >= 0.3 is 11.6 Å². The van der Waals surface area contributed by atoms with Crippen LogP contribution in [0.1, 0.15) is 20.3 Å². The SMILES string of the molecule is CC1CC(C)CN(c2[nH]c3c(c(=O)[nH]c(=O)n3C)[n+]2CCSc2ncccn2)C1. The van der Waals surface area contributed by atoms with Crippen LogP contribution in [0.3, 0.4) is 0 Å². The molecule has 10 heteroatoms. The zero-order valence-corrected chi connectivity index (χ0v) is 17.7. The number of anilines is 1. The van der Waals surface area contributed by atoms with Gasteiger partial charge in [-0.1, -0.05) is 25.6 Å². The summed E-state index contributed by atoms with van der Waals surface area (Å²) < 4.78 is 3.45. The minimum absolute atomic E-state index is 0.371. The molecule has 0 radical (unpaired) electrons. The molecule has 0 aliphatic carbocycles.